The fraction of sp³-hybridized carbons (Fsp3) is 0.353. The number of ether oxygens (including phenoxy) is 1. The summed E-state index contributed by atoms with van der Waals surface area (Å²) in [7, 11) is 0. The fourth-order valence-electron chi connectivity index (χ4n) is 2.60. The zero-order chi connectivity index (χ0) is 16.2. The minimum absolute atomic E-state index is 0.0475. The minimum Gasteiger partial charge on any atom is -0.474 e. The normalized spacial score (nSPS) is 15.5. The van der Waals surface area contributed by atoms with Crippen molar-refractivity contribution in [3.63, 3.8) is 0 Å². The summed E-state index contributed by atoms with van der Waals surface area (Å²) >= 11 is 5.97. The van der Waals surface area contributed by atoms with Gasteiger partial charge in [0.2, 0.25) is 5.88 Å². The van der Waals surface area contributed by atoms with E-state index < -0.39 is 0 Å². The van der Waals surface area contributed by atoms with Crippen molar-refractivity contribution in [3.8, 4) is 5.88 Å². The number of amides is 1. The van der Waals surface area contributed by atoms with E-state index >= 15 is 0 Å². The third-order valence-corrected chi connectivity index (χ3v) is 4.36. The summed E-state index contributed by atoms with van der Waals surface area (Å²) in [5, 5.41) is 0.634. The van der Waals surface area contributed by atoms with Crippen molar-refractivity contribution in [2.75, 3.05) is 13.1 Å². The van der Waals surface area contributed by atoms with Crippen LogP contribution in [0.15, 0.2) is 36.8 Å². The standard InChI is InChI=1S/C17H18ClN3O2/c1-12-10-16(20-11-15(12)18)23-14-4-8-21(9-5-14)17(22)13-2-6-19-7-3-13/h2-3,6-7,10-11,14H,4-5,8-9H2,1H3. The lowest BCUT2D eigenvalue weighted by atomic mass is 10.1. The molecule has 3 rings (SSSR count). The molecule has 0 aliphatic carbocycles. The molecule has 0 atom stereocenters. The third kappa shape index (κ3) is 3.79. The Morgan fingerprint density at radius 2 is 2.00 bits per heavy atom. The number of pyridine rings is 2. The van der Waals surface area contributed by atoms with Crippen molar-refractivity contribution >= 4 is 17.5 Å². The van der Waals surface area contributed by atoms with Gasteiger partial charge in [-0.2, -0.15) is 0 Å². The van der Waals surface area contributed by atoms with Crippen LogP contribution in [0.4, 0.5) is 0 Å². The van der Waals surface area contributed by atoms with E-state index in [1.165, 1.54) is 0 Å². The van der Waals surface area contributed by atoms with Crippen LogP contribution in [0.3, 0.4) is 0 Å². The second-order valence-corrected chi connectivity index (χ2v) is 6.02. The van der Waals surface area contributed by atoms with Gasteiger partial charge in [-0.05, 0) is 24.6 Å². The van der Waals surface area contributed by atoms with Gasteiger partial charge in [-0.3, -0.25) is 9.78 Å². The lowest BCUT2D eigenvalue weighted by Crippen LogP contribution is -2.41. The Hall–Kier alpha value is -2.14. The number of nitrogens with zero attached hydrogens (tertiary/aromatic N) is 3. The third-order valence-electron chi connectivity index (χ3n) is 3.97. The molecule has 3 heterocycles. The molecule has 1 amide bonds. The maximum atomic E-state index is 12.4. The highest BCUT2D eigenvalue weighted by Crippen LogP contribution is 2.22. The van der Waals surface area contributed by atoms with Gasteiger partial charge in [0.15, 0.2) is 0 Å². The van der Waals surface area contributed by atoms with E-state index in [1.807, 2.05) is 17.9 Å². The predicted octanol–water partition coefficient (Wildman–Crippen LogP) is 3.12. The van der Waals surface area contributed by atoms with Crippen LogP contribution < -0.4 is 4.74 Å². The van der Waals surface area contributed by atoms with Crippen LogP contribution in [-0.4, -0.2) is 40.0 Å². The minimum atomic E-state index is 0.0475. The monoisotopic (exact) mass is 331 g/mol. The number of halogens is 1. The van der Waals surface area contributed by atoms with Gasteiger partial charge in [0.05, 0.1) is 5.02 Å². The Morgan fingerprint density at radius 3 is 2.65 bits per heavy atom. The van der Waals surface area contributed by atoms with Gasteiger partial charge in [-0.25, -0.2) is 4.98 Å². The zero-order valence-corrected chi connectivity index (χ0v) is 13.7. The number of likely N-dealkylation sites (tertiary alicyclic amines) is 1. The maximum absolute atomic E-state index is 12.4. The van der Waals surface area contributed by atoms with E-state index in [-0.39, 0.29) is 12.0 Å². The van der Waals surface area contributed by atoms with Gasteiger partial charge in [-0.15, -0.1) is 0 Å². The first-order valence-corrected chi connectivity index (χ1v) is 7.99. The average molecular weight is 332 g/mol. The van der Waals surface area contributed by atoms with Crippen molar-refractivity contribution in [2.24, 2.45) is 0 Å². The molecule has 0 unspecified atom stereocenters. The Kier molecular flexibility index (Phi) is 4.76. The van der Waals surface area contributed by atoms with Gasteiger partial charge in [-0.1, -0.05) is 11.6 Å². The van der Waals surface area contributed by atoms with Gasteiger partial charge in [0.25, 0.3) is 5.91 Å². The van der Waals surface area contributed by atoms with E-state index in [2.05, 4.69) is 9.97 Å². The molecule has 0 spiro atoms. The highest BCUT2D eigenvalue weighted by molar-refractivity contribution is 6.31. The first-order valence-electron chi connectivity index (χ1n) is 7.61. The van der Waals surface area contributed by atoms with E-state index in [9.17, 15) is 4.79 Å². The van der Waals surface area contributed by atoms with Gasteiger partial charge in [0, 0.05) is 56.2 Å². The molecule has 1 aliphatic rings. The number of hydrogen-bond acceptors (Lipinski definition) is 4. The molecule has 0 radical (unpaired) electrons. The van der Waals surface area contributed by atoms with Crippen molar-refractivity contribution < 1.29 is 9.53 Å². The Bertz CT molecular complexity index is 685. The number of hydrogen-bond donors (Lipinski definition) is 0. The van der Waals surface area contributed by atoms with Crippen molar-refractivity contribution in [3.05, 3.63) is 52.9 Å². The number of aromatic nitrogens is 2. The largest absolute Gasteiger partial charge is 0.474 e. The summed E-state index contributed by atoms with van der Waals surface area (Å²) in [5.74, 6) is 0.636. The van der Waals surface area contributed by atoms with Crippen LogP contribution in [0.5, 0.6) is 5.88 Å². The molecule has 1 fully saturated rings. The first kappa shape index (κ1) is 15.7. The molecule has 2 aromatic rings. The molecule has 0 bridgehead atoms. The smallest absolute Gasteiger partial charge is 0.253 e. The number of piperidine rings is 1. The molecule has 0 saturated carbocycles. The maximum Gasteiger partial charge on any atom is 0.253 e. The van der Waals surface area contributed by atoms with Crippen LogP contribution in [0.2, 0.25) is 5.02 Å². The lowest BCUT2D eigenvalue weighted by molar-refractivity contribution is 0.0588. The fourth-order valence-corrected chi connectivity index (χ4v) is 2.71. The summed E-state index contributed by atoms with van der Waals surface area (Å²) < 4.78 is 5.91. The van der Waals surface area contributed by atoms with Crippen molar-refractivity contribution in [1.82, 2.24) is 14.9 Å². The zero-order valence-electron chi connectivity index (χ0n) is 12.9. The summed E-state index contributed by atoms with van der Waals surface area (Å²) in [6.07, 6.45) is 6.54. The van der Waals surface area contributed by atoms with E-state index in [0.29, 0.717) is 29.6 Å². The molecule has 2 aromatic heterocycles. The van der Waals surface area contributed by atoms with Gasteiger partial charge in [0.1, 0.15) is 6.10 Å². The Labute approximate surface area is 140 Å². The predicted molar refractivity (Wildman–Crippen MR) is 87.8 cm³/mol. The molecule has 23 heavy (non-hydrogen) atoms. The second-order valence-electron chi connectivity index (χ2n) is 5.62. The Balaban J connectivity index is 1.56. The first-order chi connectivity index (χ1) is 11.1. The summed E-state index contributed by atoms with van der Waals surface area (Å²) in [4.78, 5) is 22.4. The van der Waals surface area contributed by atoms with Crippen LogP contribution in [-0.2, 0) is 0 Å². The van der Waals surface area contributed by atoms with Crippen molar-refractivity contribution in [1.29, 1.82) is 0 Å². The average Bonchev–Trinajstić information content (AvgIpc) is 2.59. The number of carbonyl (C=O) groups excluding carboxylic acids is 1. The molecule has 0 aromatic carbocycles. The highest BCUT2D eigenvalue weighted by atomic mass is 35.5. The van der Waals surface area contributed by atoms with Gasteiger partial charge < -0.3 is 9.64 Å². The number of rotatable bonds is 3. The van der Waals surface area contributed by atoms with Gasteiger partial charge >= 0.3 is 0 Å². The molecular weight excluding hydrogens is 314 g/mol. The quantitative estimate of drug-likeness (QED) is 0.867. The molecule has 6 heteroatoms. The van der Waals surface area contributed by atoms with Crippen LogP contribution in [0, 0.1) is 6.92 Å². The number of aryl methyl sites for hydroxylation is 1. The van der Waals surface area contributed by atoms with E-state index in [1.54, 1.807) is 30.7 Å². The molecule has 5 nitrogen and oxygen atoms in total. The van der Waals surface area contributed by atoms with Crippen LogP contribution in [0.25, 0.3) is 0 Å². The molecule has 1 saturated heterocycles. The summed E-state index contributed by atoms with van der Waals surface area (Å²) in [5.41, 5.74) is 1.62. The van der Waals surface area contributed by atoms with Crippen LogP contribution >= 0.6 is 11.6 Å². The molecular formula is C17H18ClN3O2. The molecule has 1 aliphatic heterocycles. The molecule has 0 N–H and O–H groups in total. The highest BCUT2D eigenvalue weighted by Gasteiger charge is 2.25. The lowest BCUT2D eigenvalue weighted by Gasteiger charge is -2.32. The van der Waals surface area contributed by atoms with Crippen LogP contribution in [0.1, 0.15) is 28.8 Å². The second kappa shape index (κ2) is 6.96. The molecule has 120 valence electrons. The summed E-state index contributed by atoms with van der Waals surface area (Å²) in [6, 6.07) is 5.33. The van der Waals surface area contributed by atoms with Crippen molar-refractivity contribution in [2.45, 2.75) is 25.9 Å². The topological polar surface area (TPSA) is 55.3 Å². The SMILES string of the molecule is Cc1cc(OC2CCN(C(=O)c3ccncc3)CC2)ncc1Cl. The number of carbonyl (C=O) groups is 1. The Morgan fingerprint density at radius 1 is 1.30 bits per heavy atom. The summed E-state index contributed by atoms with van der Waals surface area (Å²) in [6.45, 7) is 3.28. The van der Waals surface area contributed by atoms with E-state index in [4.69, 9.17) is 16.3 Å². The van der Waals surface area contributed by atoms with E-state index in [0.717, 1.165) is 18.4 Å².